The lowest BCUT2D eigenvalue weighted by atomic mass is 10.1. The number of aryl methyl sites for hydroxylation is 1. The highest BCUT2D eigenvalue weighted by atomic mass is 35.5. The first-order valence-corrected chi connectivity index (χ1v) is 5.18. The first-order valence-electron chi connectivity index (χ1n) is 4.80. The van der Waals surface area contributed by atoms with Crippen LogP contribution in [0.2, 0.25) is 5.02 Å². The molecule has 1 aromatic heterocycles. The fourth-order valence-corrected chi connectivity index (χ4v) is 1.69. The predicted octanol–water partition coefficient (Wildman–Crippen LogP) is 2.34. The number of benzene rings is 1. The summed E-state index contributed by atoms with van der Waals surface area (Å²) in [6.45, 7) is 0.367. The van der Waals surface area contributed by atoms with E-state index in [9.17, 15) is 4.39 Å². The molecule has 3 nitrogen and oxygen atoms in total. The van der Waals surface area contributed by atoms with Gasteiger partial charge < -0.3 is 5.73 Å². The van der Waals surface area contributed by atoms with E-state index in [4.69, 9.17) is 17.3 Å². The van der Waals surface area contributed by atoms with Crippen molar-refractivity contribution in [3.8, 4) is 11.3 Å². The van der Waals surface area contributed by atoms with Gasteiger partial charge >= 0.3 is 0 Å². The summed E-state index contributed by atoms with van der Waals surface area (Å²) in [6.07, 6.45) is 0. The lowest BCUT2D eigenvalue weighted by Crippen LogP contribution is -2.03. The van der Waals surface area contributed by atoms with Crippen LogP contribution in [0.15, 0.2) is 24.3 Å². The van der Waals surface area contributed by atoms with E-state index in [1.54, 1.807) is 23.9 Å². The fourth-order valence-electron chi connectivity index (χ4n) is 1.52. The van der Waals surface area contributed by atoms with Crippen molar-refractivity contribution < 1.29 is 4.39 Å². The number of hydrogen-bond donors (Lipinski definition) is 1. The monoisotopic (exact) mass is 239 g/mol. The van der Waals surface area contributed by atoms with E-state index in [0.717, 1.165) is 5.69 Å². The summed E-state index contributed by atoms with van der Waals surface area (Å²) in [5.41, 5.74) is 7.31. The molecule has 0 bridgehead atoms. The van der Waals surface area contributed by atoms with Gasteiger partial charge in [0.25, 0.3) is 0 Å². The molecule has 0 radical (unpaired) electrons. The van der Waals surface area contributed by atoms with Crippen molar-refractivity contribution in [1.82, 2.24) is 9.78 Å². The highest BCUT2D eigenvalue weighted by Crippen LogP contribution is 2.25. The van der Waals surface area contributed by atoms with Gasteiger partial charge in [-0.3, -0.25) is 4.68 Å². The molecule has 2 rings (SSSR count). The van der Waals surface area contributed by atoms with Gasteiger partial charge in [0.05, 0.1) is 11.4 Å². The van der Waals surface area contributed by atoms with E-state index in [2.05, 4.69) is 5.10 Å². The van der Waals surface area contributed by atoms with Crippen LogP contribution in [0.1, 0.15) is 5.69 Å². The maximum Gasteiger partial charge on any atom is 0.132 e. The second-order valence-corrected chi connectivity index (χ2v) is 3.91. The predicted molar refractivity (Wildman–Crippen MR) is 61.5 cm³/mol. The molecule has 2 N–H and O–H groups in total. The van der Waals surface area contributed by atoms with Crippen molar-refractivity contribution in [1.29, 1.82) is 0 Å². The molecule has 16 heavy (non-hydrogen) atoms. The highest BCUT2D eigenvalue weighted by Gasteiger charge is 2.11. The second-order valence-electron chi connectivity index (χ2n) is 3.47. The van der Waals surface area contributed by atoms with Crippen molar-refractivity contribution in [3.05, 3.63) is 40.8 Å². The van der Waals surface area contributed by atoms with Crippen LogP contribution in [0.25, 0.3) is 11.3 Å². The average Bonchev–Trinajstić information content (AvgIpc) is 2.63. The van der Waals surface area contributed by atoms with Gasteiger partial charge in [0.1, 0.15) is 5.82 Å². The largest absolute Gasteiger partial charge is 0.325 e. The standard InChI is InChI=1S/C11H11ClFN3/c1-16-8(6-14)5-11(15-16)9-4-7(12)2-3-10(9)13/h2-5H,6,14H2,1H3. The number of halogens is 2. The molecular weight excluding hydrogens is 229 g/mol. The zero-order valence-corrected chi connectivity index (χ0v) is 9.50. The van der Waals surface area contributed by atoms with Crippen LogP contribution < -0.4 is 5.73 Å². The molecule has 1 heterocycles. The molecule has 0 unspecified atom stereocenters. The zero-order chi connectivity index (χ0) is 11.7. The Morgan fingerprint density at radius 3 is 2.81 bits per heavy atom. The maximum atomic E-state index is 13.6. The zero-order valence-electron chi connectivity index (χ0n) is 8.74. The number of nitrogens with two attached hydrogens (primary N) is 1. The third kappa shape index (κ3) is 1.94. The molecule has 0 saturated heterocycles. The van der Waals surface area contributed by atoms with Gasteiger partial charge in [-0.15, -0.1) is 0 Å². The summed E-state index contributed by atoms with van der Waals surface area (Å²) in [5.74, 6) is -0.342. The van der Waals surface area contributed by atoms with Crippen molar-refractivity contribution in [2.75, 3.05) is 0 Å². The summed E-state index contributed by atoms with van der Waals surface area (Å²) in [6, 6.07) is 6.15. The first kappa shape index (κ1) is 11.1. The van der Waals surface area contributed by atoms with Crippen LogP contribution in [-0.4, -0.2) is 9.78 Å². The third-order valence-corrected chi connectivity index (χ3v) is 2.63. The minimum Gasteiger partial charge on any atom is -0.325 e. The number of aromatic nitrogens is 2. The SMILES string of the molecule is Cn1nc(-c2cc(Cl)ccc2F)cc1CN. The van der Waals surface area contributed by atoms with Gasteiger partial charge in [-0.1, -0.05) is 11.6 Å². The van der Waals surface area contributed by atoms with E-state index < -0.39 is 0 Å². The Labute approximate surface area is 97.6 Å². The molecule has 0 spiro atoms. The fraction of sp³-hybridized carbons (Fsp3) is 0.182. The van der Waals surface area contributed by atoms with Crippen LogP contribution in [0.5, 0.6) is 0 Å². The Hall–Kier alpha value is -1.39. The smallest absolute Gasteiger partial charge is 0.132 e. The molecule has 5 heteroatoms. The molecule has 0 aliphatic carbocycles. The molecule has 0 atom stereocenters. The van der Waals surface area contributed by atoms with Gasteiger partial charge in [-0.25, -0.2) is 4.39 Å². The van der Waals surface area contributed by atoms with Crippen LogP contribution in [-0.2, 0) is 13.6 Å². The maximum absolute atomic E-state index is 13.6. The summed E-state index contributed by atoms with van der Waals surface area (Å²) in [5, 5.41) is 4.67. The van der Waals surface area contributed by atoms with Crippen molar-refractivity contribution >= 4 is 11.6 Å². The van der Waals surface area contributed by atoms with E-state index in [-0.39, 0.29) is 5.82 Å². The van der Waals surface area contributed by atoms with Crippen LogP contribution in [0.4, 0.5) is 4.39 Å². The summed E-state index contributed by atoms with van der Waals surface area (Å²) in [4.78, 5) is 0. The van der Waals surface area contributed by atoms with Crippen LogP contribution in [0.3, 0.4) is 0 Å². The van der Waals surface area contributed by atoms with E-state index in [1.165, 1.54) is 12.1 Å². The highest BCUT2D eigenvalue weighted by molar-refractivity contribution is 6.30. The Bertz CT molecular complexity index is 522. The summed E-state index contributed by atoms with van der Waals surface area (Å²) >= 11 is 5.82. The number of hydrogen-bond acceptors (Lipinski definition) is 2. The molecule has 0 amide bonds. The van der Waals surface area contributed by atoms with Crippen LogP contribution >= 0.6 is 11.6 Å². The molecule has 1 aromatic carbocycles. The molecule has 0 aliphatic heterocycles. The van der Waals surface area contributed by atoms with Gasteiger partial charge in [0.2, 0.25) is 0 Å². The van der Waals surface area contributed by atoms with Crippen molar-refractivity contribution in [3.63, 3.8) is 0 Å². The van der Waals surface area contributed by atoms with Gasteiger partial charge in [0.15, 0.2) is 0 Å². The summed E-state index contributed by atoms with van der Waals surface area (Å²) < 4.78 is 15.2. The Morgan fingerprint density at radius 1 is 1.44 bits per heavy atom. The molecular formula is C11H11ClFN3. The Balaban J connectivity index is 2.53. The summed E-state index contributed by atoms with van der Waals surface area (Å²) in [7, 11) is 1.77. The van der Waals surface area contributed by atoms with Gasteiger partial charge in [-0.2, -0.15) is 5.10 Å². The van der Waals surface area contributed by atoms with Gasteiger partial charge in [0, 0.05) is 24.2 Å². The Kier molecular flexibility index (Phi) is 2.94. The van der Waals surface area contributed by atoms with Crippen molar-refractivity contribution in [2.45, 2.75) is 6.54 Å². The van der Waals surface area contributed by atoms with E-state index in [1.807, 2.05) is 0 Å². The molecule has 2 aromatic rings. The van der Waals surface area contributed by atoms with Crippen LogP contribution in [0, 0.1) is 5.82 Å². The molecule has 0 saturated carbocycles. The average molecular weight is 240 g/mol. The second kappa shape index (κ2) is 4.23. The van der Waals surface area contributed by atoms with Gasteiger partial charge in [-0.05, 0) is 24.3 Å². The topological polar surface area (TPSA) is 43.8 Å². The minimum absolute atomic E-state index is 0.342. The first-order chi connectivity index (χ1) is 7.61. The number of nitrogens with zero attached hydrogens (tertiary/aromatic N) is 2. The van der Waals surface area contributed by atoms with Crippen molar-refractivity contribution in [2.24, 2.45) is 12.8 Å². The minimum atomic E-state index is -0.342. The third-order valence-electron chi connectivity index (χ3n) is 2.39. The molecule has 0 aliphatic rings. The quantitative estimate of drug-likeness (QED) is 0.874. The lowest BCUT2D eigenvalue weighted by Gasteiger charge is -1.99. The normalized spacial score (nSPS) is 10.8. The van der Waals surface area contributed by atoms with E-state index >= 15 is 0 Å². The van der Waals surface area contributed by atoms with E-state index in [0.29, 0.717) is 22.8 Å². The lowest BCUT2D eigenvalue weighted by molar-refractivity contribution is 0.629. The molecule has 84 valence electrons. The number of rotatable bonds is 2. The Morgan fingerprint density at radius 2 is 2.19 bits per heavy atom. The molecule has 0 fully saturated rings.